The van der Waals surface area contributed by atoms with Crippen LogP contribution < -0.4 is 5.32 Å². The van der Waals surface area contributed by atoms with Gasteiger partial charge in [-0.1, -0.05) is 25.3 Å². The van der Waals surface area contributed by atoms with E-state index in [1.54, 1.807) is 13.3 Å². The van der Waals surface area contributed by atoms with Gasteiger partial charge in [-0.2, -0.15) is 0 Å². The maximum absolute atomic E-state index is 4.01. The second kappa shape index (κ2) is 4.61. The third-order valence-corrected chi connectivity index (χ3v) is 1.97. The van der Waals surface area contributed by atoms with Crippen LogP contribution in [-0.4, -0.2) is 13.3 Å². The molecule has 0 spiro atoms. The summed E-state index contributed by atoms with van der Waals surface area (Å²) in [6, 6.07) is 0. The summed E-state index contributed by atoms with van der Waals surface area (Å²) >= 11 is 0. The lowest BCUT2D eigenvalue weighted by molar-refractivity contribution is 0.981. The quantitative estimate of drug-likeness (QED) is 0.662. The third kappa shape index (κ3) is 2.46. The first-order valence-electron chi connectivity index (χ1n) is 4.59. The molecule has 0 unspecified atom stereocenters. The molecule has 0 saturated heterocycles. The van der Waals surface area contributed by atoms with Gasteiger partial charge in [0.1, 0.15) is 0 Å². The monoisotopic (exact) mass is 188 g/mol. The van der Waals surface area contributed by atoms with Gasteiger partial charge in [0.25, 0.3) is 0 Å². The van der Waals surface area contributed by atoms with Crippen LogP contribution in [0.25, 0.3) is 0 Å². The van der Waals surface area contributed by atoms with E-state index in [1.807, 2.05) is 6.92 Å². The Bertz CT molecular complexity index is 343. The van der Waals surface area contributed by atoms with E-state index in [4.69, 9.17) is 0 Å². The van der Waals surface area contributed by atoms with Crippen molar-refractivity contribution in [3.05, 3.63) is 47.9 Å². The lowest BCUT2D eigenvalue weighted by atomic mass is 10.1. The fourth-order valence-electron chi connectivity index (χ4n) is 1.32. The maximum atomic E-state index is 4.01. The molecule has 74 valence electrons. The molecule has 1 rings (SSSR count). The van der Waals surface area contributed by atoms with Gasteiger partial charge in [0.2, 0.25) is 0 Å². The maximum Gasteiger partial charge on any atom is 0.0639 e. The highest BCUT2D eigenvalue weighted by Crippen LogP contribution is 2.17. The van der Waals surface area contributed by atoms with Gasteiger partial charge in [-0.15, -0.1) is 0 Å². The van der Waals surface area contributed by atoms with Crippen molar-refractivity contribution < 1.29 is 0 Å². The van der Waals surface area contributed by atoms with Gasteiger partial charge in [-0.3, -0.25) is 4.99 Å². The Morgan fingerprint density at radius 3 is 2.93 bits per heavy atom. The number of nitrogens with zero attached hydrogens (tertiary/aromatic N) is 1. The Labute approximate surface area is 85.4 Å². The van der Waals surface area contributed by atoms with Crippen molar-refractivity contribution in [3.8, 4) is 0 Å². The van der Waals surface area contributed by atoms with Crippen LogP contribution in [0.1, 0.15) is 13.3 Å². The SMILES string of the molecule is C=C1CC=CC(C(=C)C)=C(/C=N\C)N1. The molecule has 1 aliphatic rings. The van der Waals surface area contributed by atoms with Crippen molar-refractivity contribution in [2.24, 2.45) is 4.99 Å². The molecule has 0 radical (unpaired) electrons. The Morgan fingerprint density at radius 2 is 2.36 bits per heavy atom. The van der Waals surface area contributed by atoms with Crippen LogP contribution in [0, 0.1) is 0 Å². The summed E-state index contributed by atoms with van der Waals surface area (Å²) in [6.45, 7) is 9.84. The summed E-state index contributed by atoms with van der Waals surface area (Å²) in [5.41, 5.74) is 4.07. The summed E-state index contributed by atoms with van der Waals surface area (Å²) in [5.74, 6) is 0. The molecule has 1 N–H and O–H groups in total. The standard InChI is InChI=1S/C12H16N2/c1-9(2)11-7-5-6-10(3)14-12(11)8-13-4/h5,7-8,14H,1,3,6H2,2,4H3/b13-8-. The number of allylic oxidation sites excluding steroid dienone is 5. The lowest BCUT2D eigenvalue weighted by Gasteiger charge is -2.09. The molecule has 0 aromatic carbocycles. The third-order valence-electron chi connectivity index (χ3n) is 1.97. The number of hydrogen-bond acceptors (Lipinski definition) is 2. The van der Waals surface area contributed by atoms with Gasteiger partial charge in [0.15, 0.2) is 0 Å². The largest absolute Gasteiger partial charge is 0.357 e. The van der Waals surface area contributed by atoms with Crippen LogP contribution >= 0.6 is 0 Å². The van der Waals surface area contributed by atoms with E-state index in [-0.39, 0.29) is 0 Å². The number of rotatable bonds is 2. The minimum Gasteiger partial charge on any atom is -0.357 e. The molecule has 0 aliphatic carbocycles. The Kier molecular flexibility index (Phi) is 3.46. The summed E-state index contributed by atoms with van der Waals surface area (Å²) < 4.78 is 0. The summed E-state index contributed by atoms with van der Waals surface area (Å²) in [4.78, 5) is 4.01. The van der Waals surface area contributed by atoms with Gasteiger partial charge in [0.05, 0.1) is 5.70 Å². The van der Waals surface area contributed by atoms with Crippen LogP contribution in [0.2, 0.25) is 0 Å². The average molecular weight is 188 g/mol. The zero-order chi connectivity index (χ0) is 10.6. The first kappa shape index (κ1) is 10.5. The zero-order valence-corrected chi connectivity index (χ0v) is 8.80. The highest BCUT2D eigenvalue weighted by atomic mass is 14.9. The molecule has 0 saturated carbocycles. The molecule has 0 bridgehead atoms. The highest BCUT2D eigenvalue weighted by Gasteiger charge is 2.06. The smallest absolute Gasteiger partial charge is 0.0639 e. The van der Waals surface area contributed by atoms with Crippen LogP contribution in [0.5, 0.6) is 0 Å². The zero-order valence-electron chi connectivity index (χ0n) is 8.80. The van der Waals surface area contributed by atoms with Crippen LogP contribution in [0.4, 0.5) is 0 Å². The summed E-state index contributed by atoms with van der Waals surface area (Å²) in [5, 5.41) is 3.22. The topological polar surface area (TPSA) is 24.4 Å². The van der Waals surface area contributed by atoms with E-state index in [9.17, 15) is 0 Å². The molecule has 2 nitrogen and oxygen atoms in total. The van der Waals surface area contributed by atoms with Crippen molar-refractivity contribution in [2.45, 2.75) is 13.3 Å². The molecule has 1 aliphatic heterocycles. The van der Waals surface area contributed by atoms with Crippen LogP contribution in [0.3, 0.4) is 0 Å². The molecule has 1 heterocycles. The average Bonchev–Trinajstić information content (AvgIpc) is 2.27. The molecule has 14 heavy (non-hydrogen) atoms. The van der Waals surface area contributed by atoms with Gasteiger partial charge >= 0.3 is 0 Å². The Hall–Kier alpha value is -1.57. The molecule has 0 aromatic rings. The van der Waals surface area contributed by atoms with Gasteiger partial charge in [-0.25, -0.2) is 0 Å². The molecule has 0 amide bonds. The van der Waals surface area contributed by atoms with E-state index in [0.29, 0.717) is 0 Å². The first-order chi connectivity index (χ1) is 6.65. The Balaban J connectivity index is 3.13. The number of hydrogen-bond donors (Lipinski definition) is 1. The van der Waals surface area contributed by atoms with E-state index < -0.39 is 0 Å². The molecule has 0 aromatic heterocycles. The van der Waals surface area contributed by atoms with Crippen molar-refractivity contribution >= 4 is 6.21 Å². The Morgan fingerprint density at radius 1 is 1.64 bits per heavy atom. The molecular weight excluding hydrogens is 172 g/mol. The minimum absolute atomic E-state index is 0.845. The van der Waals surface area contributed by atoms with Crippen molar-refractivity contribution in [1.29, 1.82) is 0 Å². The number of aliphatic imine (C=N–C) groups is 1. The molecule has 0 fully saturated rings. The highest BCUT2D eigenvalue weighted by molar-refractivity contribution is 5.82. The van der Waals surface area contributed by atoms with E-state index in [2.05, 4.69) is 35.6 Å². The van der Waals surface area contributed by atoms with E-state index >= 15 is 0 Å². The molecule has 0 atom stereocenters. The molecule has 2 heteroatoms. The van der Waals surface area contributed by atoms with Gasteiger partial charge in [0, 0.05) is 31.0 Å². The fourth-order valence-corrected chi connectivity index (χ4v) is 1.32. The normalized spacial score (nSPS) is 17.1. The van der Waals surface area contributed by atoms with E-state index in [0.717, 1.165) is 29.0 Å². The van der Waals surface area contributed by atoms with E-state index in [1.165, 1.54) is 0 Å². The minimum atomic E-state index is 0.845. The summed E-state index contributed by atoms with van der Waals surface area (Å²) in [7, 11) is 1.75. The van der Waals surface area contributed by atoms with Crippen molar-refractivity contribution in [3.63, 3.8) is 0 Å². The summed E-state index contributed by atoms with van der Waals surface area (Å²) in [6.07, 6.45) is 6.78. The first-order valence-corrected chi connectivity index (χ1v) is 4.59. The van der Waals surface area contributed by atoms with Gasteiger partial charge in [-0.05, 0) is 12.5 Å². The van der Waals surface area contributed by atoms with Crippen molar-refractivity contribution in [2.75, 3.05) is 7.05 Å². The second-order valence-corrected chi connectivity index (χ2v) is 3.33. The predicted molar refractivity (Wildman–Crippen MR) is 62.3 cm³/mol. The molecular formula is C12H16N2. The van der Waals surface area contributed by atoms with Crippen molar-refractivity contribution in [1.82, 2.24) is 5.32 Å². The van der Waals surface area contributed by atoms with Crippen LogP contribution in [0.15, 0.2) is 52.8 Å². The predicted octanol–water partition coefficient (Wildman–Crippen LogP) is 2.58. The van der Waals surface area contributed by atoms with Crippen LogP contribution in [-0.2, 0) is 0 Å². The number of nitrogens with one attached hydrogen (secondary N) is 1. The lowest BCUT2D eigenvalue weighted by Crippen LogP contribution is -2.13. The second-order valence-electron chi connectivity index (χ2n) is 3.33. The van der Waals surface area contributed by atoms with Gasteiger partial charge < -0.3 is 5.32 Å². The fraction of sp³-hybridized carbons (Fsp3) is 0.250.